The Kier molecular flexibility index (Phi) is 3.34. The summed E-state index contributed by atoms with van der Waals surface area (Å²) in [6, 6.07) is 0. The summed E-state index contributed by atoms with van der Waals surface area (Å²) in [5.41, 5.74) is -0.0829. The number of carbonyl (C=O) groups is 1. The smallest absolute Gasteiger partial charge is 0.194 e. The summed E-state index contributed by atoms with van der Waals surface area (Å²) in [5, 5.41) is 0.841. The molecule has 0 bridgehead atoms. The number of aliphatic imine (C=N–C) groups is 1. The summed E-state index contributed by atoms with van der Waals surface area (Å²) in [6.45, 7) is 7.44. The second-order valence-corrected chi connectivity index (χ2v) is 5.24. The van der Waals surface area contributed by atoms with Crippen LogP contribution in [-0.4, -0.2) is 27.9 Å². The molecule has 1 rings (SSSR count). The minimum atomic E-state index is -0.450. The van der Waals surface area contributed by atoms with Gasteiger partial charge in [-0.1, -0.05) is 20.8 Å². The van der Waals surface area contributed by atoms with Crippen LogP contribution in [0.1, 0.15) is 31.6 Å². The lowest BCUT2D eigenvalue weighted by Gasteiger charge is -2.16. The van der Waals surface area contributed by atoms with Gasteiger partial charge >= 0.3 is 0 Å². The first-order valence-electron chi connectivity index (χ1n) is 4.68. The van der Waals surface area contributed by atoms with Crippen LogP contribution in [0.5, 0.6) is 0 Å². The molecule has 0 spiro atoms. The van der Waals surface area contributed by atoms with Gasteiger partial charge in [0.25, 0.3) is 0 Å². The molecule has 82 valence electrons. The molecule has 0 saturated heterocycles. The Morgan fingerprint density at radius 2 is 2.00 bits per heavy atom. The van der Waals surface area contributed by atoms with Gasteiger partial charge in [-0.3, -0.25) is 9.79 Å². The Labute approximate surface area is 93.6 Å². The summed E-state index contributed by atoms with van der Waals surface area (Å²) in [5.74, 6) is 0.419. The van der Waals surface area contributed by atoms with Gasteiger partial charge in [0.2, 0.25) is 0 Å². The molecular formula is C10H15N3OS. The maximum Gasteiger partial charge on any atom is 0.194 e. The van der Waals surface area contributed by atoms with Crippen molar-refractivity contribution in [2.24, 2.45) is 10.4 Å². The van der Waals surface area contributed by atoms with E-state index in [2.05, 4.69) is 14.3 Å². The van der Waals surface area contributed by atoms with E-state index >= 15 is 0 Å². The molecule has 5 heteroatoms. The second-order valence-electron chi connectivity index (χ2n) is 4.29. The molecule has 0 unspecified atom stereocenters. The predicted molar refractivity (Wildman–Crippen MR) is 61.6 cm³/mol. The quantitative estimate of drug-likeness (QED) is 0.722. The average molecular weight is 225 g/mol. The Balaban J connectivity index is 3.07. The number of Topliss-reactive ketones (excluding diaryl/α,β-unsaturated/α-hetero) is 1. The Hall–Kier alpha value is -1.10. The van der Waals surface area contributed by atoms with Gasteiger partial charge in [0, 0.05) is 12.5 Å². The molecule has 0 fully saturated rings. The molecule has 0 amide bonds. The molecule has 4 nitrogen and oxygen atoms in total. The summed E-state index contributed by atoms with van der Waals surface area (Å²) >= 11 is 1.28. The maximum atomic E-state index is 12.0. The summed E-state index contributed by atoms with van der Waals surface area (Å²) < 4.78 is 4.10. The van der Waals surface area contributed by atoms with Crippen LogP contribution in [0.4, 0.5) is 0 Å². The predicted octanol–water partition coefficient (Wildman–Crippen LogP) is 1.88. The number of rotatable bonds is 2. The zero-order valence-electron chi connectivity index (χ0n) is 9.66. The third-order valence-electron chi connectivity index (χ3n) is 1.86. The van der Waals surface area contributed by atoms with E-state index in [0.29, 0.717) is 11.5 Å². The van der Waals surface area contributed by atoms with E-state index in [-0.39, 0.29) is 5.78 Å². The van der Waals surface area contributed by atoms with Crippen molar-refractivity contribution in [1.82, 2.24) is 9.36 Å². The van der Waals surface area contributed by atoms with E-state index < -0.39 is 5.41 Å². The highest BCUT2D eigenvalue weighted by atomic mass is 32.1. The van der Waals surface area contributed by atoms with Crippen LogP contribution in [0.25, 0.3) is 0 Å². The molecule has 0 saturated carbocycles. The highest BCUT2D eigenvalue weighted by Crippen LogP contribution is 2.18. The molecular weight excluding hydrogens is 210 g/mol. The lowest BCUT2D eigenvalue weighted by Crippen LogP contribution is -2.30. The van der Waals surface area contributed by atoms with Crippen LogP contribution in [0.2, 0.25) is 0 Å². The number of nitrogens with zero attached hydrogens (tertiary/aromatic N) is 3. The molecule has 1 heterocycles. The molecule has 0 aliphatic rings. The van der Waals surface area contributed by atoms with Gasteiger partial charge < -0.3 is 0 Å². The fourth-order valence-corrected chi connectivity index (χ4v) is 1.53. The molecule has 1 aromatic rings. The molecule has 0 aliphatic carbocycles. The van der Waals surface area contributed by atoms with Gasteiger partial charge in [-0.05, 0) is 18.5 Å². The summed E-state index contributed by atoms with van der Waals surface area (Å²) in [4.78, 5) is 20.2. The van der Waals surface area contributed by atoms with Crippen molar-refractivity contribution >= 4 is 23.0 Å². The van der Waals surface area contributed by atoms with Crippen molar-refractivity contribution in [1.29, 1.82) is 0 Å². The second kappa shape index (κ2) is 4.18. The first kappa shape index (κ1) is 12.0. The van der Waals surface area contributed by atoms with Crippen LogP contribution >= 0.6 is 11.5 Å². The standard InChI is InChI=1S/C10H15N3OS/c1-6-12-9(13-15-6)7(11-5)8(14)10(2,3)4/h1-5H3/b11-7+. The highest BCUT2D eigenvalue weighted by Gasteiger charge is 2.28. The topological polar surface area (TPSA) is 55.2 Å². The third kappa shape index (κ3) is 2.68. The van der Waals surface area contributed by atoms with Crippen molar-refractivity contribution in [2.75, 3.05) is 7.05 Å². The summed E-state index contributed by atoms with van der Waals surface area (Å²) in [7, 11) is 1.59. The summed E-state index contributed by atoms with van der Waals surface area (Å²) in [6.07, 6.45) is 0. The van der Waals surface area contributed by atoms with Crippen LogP contribution in [0.3, 0.4) is 0 Å². The lowest BCUT2D eigenvalue weighted by molar-refractivity contribution is -0.119. The molecule has 0 aromatic carbocycles. The highest BCUT2D eigenvalue weighted by molar-refractivity contribution is 7.05. The van der Waals surface area contributed by atoms with E-state index in [1.165, 1.54) is 11.5 Å². The fraction of sp³-hybridized carbons (Fsp3) is 0.600. The van der Waals surface area contributed by atoms with Crippen LogP contribution in [0, 0.1) is 12.3 Å². The van der Waals surface area contributed by atoms with Gasteiger partial charge in [0.15, 0.2) is 11.6 Å². The van der Waals surface area contributed by atoms with E-state index in [0.717, 1.165) is 5.01 Å². The molecule has 1 aromatic heterocycles. The number of aryl methyl sites for hydroxylation is 1. The maximum absolute atomic E-state index is 12.0. The molecule has 0 atom stereocenters. The van der Waals surface area contributed by atoms with Gasteiger partial charge in [-0.25, -0.2) is 4.98 Å². The van der Waals surface area contributed by atoms with Crippen molar-refractivity contribution in [3.05, 3.63) is 10.8 Å². The SMILES string of the molecule is C/N=C(\C(=O)C(C)(C)C)c1nsc(C)n1. The van der Waals surface area contributed by atoms with Crippen molar-refractivity contribution in [3.8, 4) is 0 Å². The Bertz CT molecular complexity index is 401. The lowest BCUT2D eigenvalue weighted by atomic mass is 9.88. The monoisotopic (exact) mass is 225 g/mol. The van der Waals surface area contributed by atoms with Gasteiger partial charge in [-0.2, -0.15) is 4.37 Å². The Morgan fingerprint density at radius 1 is 1.40 bits per heavy atom. The fourth-order valence-electron chi connectivity index (χ4n) is 1.05. The van der Waals surface area contributed by atoms with Crippen LogP contribution in [-0.2, 0) is 4.79 Å². The van der Waals surface area contributed by atoms with Crippen molar-refractivity contribution in [3.63, 3.8) is 0 Å². The first-order chi connectivity index (χ1) is 6.86. The molecule has 15 heavy (non-hydrogen) atoms. The zero-order chi connectivity index (χ0) is 11.6. The number of hydrogen-bond donors (Lipinski definition) is 0. The molecule has 0 N–H and O–H groups in total. The van der Waals surface area contributed by atoms with E-state index in [1.54, 1.807) is 7.05 Å². The van der Waals surface area contributed by atoms with E-state index in [1.807, 2.05) is 27.7 Å². The number of aromatic nitrogens is 2. The van der Waals surface area contributed by atoms with E-state index in [4.69, 9.17) is 0 Å². The molecule has 0 radical (unpaired) electrons. The molecule has 0 aliphatic heterocycles. The van der Waals surface area contributed by atoms with Crippen LogP contribution < -0.4 is 0 Å². The van der Waals surface area contributed by atoms with Gasteiger partial charge in [0.05, 0.1) is 0 Å². The van der Waals surface area contributed by atoms with Crippen molar-refractivity contribution < 1.29 is 4.79 Å². The number of hydrogen-bond acceptors (Lipinski definition) is 5. The number of carbonyl (C=O) groups excluding carboxylic acids is 1. The third-order valence-corrected chi connectivity index (χ3v) is 2.48. The van der Waals surface area contributed by atoms with Crippen molar-refractivity contribution in [2.45, 2.75) is 27.7 Å². The van der Waals surface area contributed by atoms with Gasteiger partial charge in [0.1, 0.15) is 10.7 Å². The normalized spacial score (nSPS) is 13.0. The average Bonchev–Trinajstić information content (AvgIpc) is 2.51. The Morgan fingerprint density at radius 3 is 2.33 bits per heavy atom. The number of ketones is 1. The minimum Gasteiger partial charge on any atom is -0.292 e. The first-order valence-corrected chi connectivity index (χ1v) is 5.46. The van der Waals surface area contributed by atoms with E-state index in [9.17, 15) is 4.79 Å². The minimum absolute atomic E-state index is 0.0252. The van der Waals surface area contributed by atoms with Crippen LogP contribution in [0.15, 0.2) is 4.99 Å². The van der Waals surface area contributed by atoms with Gasteiger partial charge in [-0.15, -0.1) is 0 Å². The largest absolute Gasteiger partial charge is 0.292 e. The zero-order valence-corrected chi connectivity index (χ0v) is 10.5.